The molecular formula is C20H26N2O3S. The molecule has 0 heterocycles. The van der Waals surface area contributed by atoms with Crippen LogP contribution in [-0.4, -0.2) is 20.9 Å². The fraction of sp³-hybridized carbons (Fsp3) is 0.350. The first-order chi connectivity index (χ1) is 12.3. The zero-order valence-corrected chi connectivity index (χ0v) is 16.2. The number of hydrogen-bond donors (Lipinski definition) is 2. The summed E-state index contributed by atoms with van der Waals surface area (Å²) in [5.74, 6) is 0.119. The molecular weight excluding hydrogens is 348 g/mol. The van der Waals surface area contributed by atoms with Crippen LogP contribution in [0.25, 0.3) is 0 Å². The molecule has 0 aliphatic heterocycles. The van der Waals surface area contributed by atoms with Crippen molar-refractivity contribution in [3.05, 3.63) is 65.7 Å². The molecule has 0 aliphatic carbocycles. The molecule has 0 bridgehead atoms. The number of carbonyl (C=O) groups excluding carboxylic acids is 1. The van der Waals surface area contributed by atoms with Gasteiger partial charge in [0.25, 0.3) is 5.91 Å². The van der Waals surface area contributed by atoms with E-state index < -0.39 is 10.0 Å². The number of carbonyl (C=O) groups is 1. The first-order valence-corrected chi connectivity index (χ1v) is 10.3. The van der Waals surface area contributed by atoms with Crippen LogP contribution in [0.4, 0.5) is 0 Å². The molecule has 1 amide bonds. The highest BCUT2D eigenvalue weighted by Gasteiger charge is 2.19. The lowest BCUT2D eigenvalue weighted by atomic mass is 9.96. The summed E-state index contributed by atoms with van der Waals surface area (Å²) in [5.41, 5.74) is 1.36. The highest BCUT2D eigenvalue weighted by Crippen LogP contribution is 2.22. The molecule has 0 fully saturated rings. The maximum Gasteiger partial charge on any atom is 0.251 e. The van der Waals surface area contributed by atoms with Crippen molar-refractivity contribution in [2.75, 3.05) is 6.54 Å². The van der Waals surface area contributed by atoms with Crippen LogP contribution in [0.15, 0.2) is 59.5 Å². The molecule has 2 N–H and O–H groups in total. The highest BCUT2D eigenvalue weighted by molar-refractivity contribution is 7.89. The Labute approximate surface area is 155 Å². The topological polar surface area (TPSA) is 75.3 Å². The van der Waals surface area contributed by atoms with Crippen LogP contribution in [0, 0.1) is 5.92 Å². The summed E-state index contributed by atoms with van der Waals surface area (Å²) in [4.78, 5) is 12.8. The van der Waals surface area contributed by atoms with Crippen molar-refractivity contribution in [2.45, 2.75) is 38.1 Å². The van der Waals surface area contributed by atoms with Gasteiger partial charge in [0.1, 0.15) is 0 Å². The maximum absolute atomic E-state index is 12.7. The van der Waals surface area contributed by atoms with E-state index >= 15 is 0 Å². The summed E-state index contributed by atoms with van der Waals surface area (Å²) in [6.07, 6.45) is 0.797. The standard InChI is InChI=1S/C20H26N2O3S/c1-4-21-26(24,25)18-12-8-11-17(14-18)20(23)22-19(13-15(2)3)16-9-6-5-7-10-16/h5-12,14-15,19,21H,4,13H2,1-3H3,(H,22,23). The molecule has 6 heteroatoms. The van der Waals surface area contributed by atoms with Crippen LogP contribution >= 0.6 is 0 Å². The summed E-state index contributed by atoms with van der Waals surface area (Å²) in [7, 11) is -3.60. The average molecular weight is 375 g/mol. The van der Waals surface area contributed by atoms with Crippen molar-refractivity contribution in [3.8, 4) is 0 Å². The molecule has 0 radical (unpaired) electrons. The van der Waals surface area contributed by atoms with Gasteiger partial charge in [-0.15, -0.1) is 0 Å². The largest absolute Gasteiger partial charge is 0.345 e. The Morgan fingerprint density at radius 3 is 2.35 bits per heavy atom. The van der Waals surface area contributed by atoms with E-state index in [9.17, 15) is 13.2 Å². The molecule has 1 atom stereocenters. The molecule has 2 aromatic rings. The second-order valence-electron chi connectivity index (χ2n) is 6.60. The molecule has 0 saturated heterocycles. The molecule has 0 aliphatic rings. The van der Waals surface area contributed by atoms with Gasteiger partial charge < -0.3 is 5.32 Å². The molecule has 26 heavy (non-hydrogen) atoms. The first kappa shape index (κ1) is 20.1. The summed E-state index contributed by atoms with van der Waals surface area (Å²) in [6.45, 7) is 6.21. The fourth-order valence-corrected chi connectivity index (χ4v) is 3.84. The van der Waals surface area contributed by atoms with Crippen molar-refractivity contribution in [1.29, 1.82) is 0 Å². The van der Waals surface area contributed by atoms with Crippen molar-refractivity contribution < 1.29 is 13.2 Å². The molecule has 0 saturated carbocycles. The van der Waals surface area contributed by atoms with Gasteiger partial charge in [-0.25, -0.2) is 13.1 Å². The molecule has 1 unspecified atom stereocenters. The highest BCUT2D eigenvalue weighted by atomic mass is 32.2. The third-order valence-corrected chi connectivity index (χ3v) is 5.50. The van der Waals surface area contributed by atoms with Gasteiger partial charge in [-0.1, -0.05) is 57.2 Å². The molecule has 2 rings (SSSR count). The predicted molar refractivity (Wildman–Crippen MR) is 103 cm³/mol. The van der Waals surface area contributed by atoms with E-state index in [1.54, 1.807) is 19.1 Å². The Balaban J connectivity index is 2.24. The summed E-state index contributed by atoms with van der Waals surface area (Å²) in [5, 5.41) is 3.04. The van der Waals surface area contributed by atoms with Crippen molar-refractivity contribution in [2.24, 2.45) is 5.92 Å². The normalized spacial score (nSPS) is 12.8. The minimum atomic E-state index is -3.60. The van der Waals surface area contributed by atoms with Gasteiger partial charge in [-0.2, -0.15) is 0 Å². The van der Waals surface area contributed by atoms with Crippen LogP contribution in [0.1, 0.15) is 49.2 Å². The predicted octanol–water partition coefficient (Wildman–Crippen LogP) is 3.50. The van der Waals surface area contributed by atoms with E-state index in [1.807, 2.05) is 30.3 Å². The second kappa shape index (κ2) is 8.96. The second-order valence-corrected chi connectivity index (χ2v) is 8.36. The van der Waals surface area contributed by atoms with Gasteiger partial charge in [-0.3, -0.25) is 4.79 Å². The lowest BCUT2D eigenvalue weighted by molar-refractivity contribution is 0.0931. The lowest BCUT2D eigenvalue weighted by Gasteiger charge is -2.21. The van der Waals surface area contributed by atoms with Crippen LogP contribution in [0.3, 0.4) is 0 Å². The Hall–Kier alpha value is -2.18. The number of rotatable bonds is 8. The van der Waals surface area contributed by atoms with E-state index in [0.29, 0.717) is 18.0 Å². The minimum Gasteiger partial charge on any atom is -0.345 e. The lowest BCUT2D eigenvalue weighted by Crippen LogP contribution is -2.30. The van der Waals surface area contributed by atoms with Gasteiger partial charge in [0.2, 0.25) is 10.0 Å². The van der Waals surface area contributed by atoms with Gasteiger partial charge in [0.05, 0.1) is 10.9 Å². The molecule has 0 spiro atoms. The SMILES string of the molecule is CCNS(=O)(=O)c1cccc(C(=O)NC(CC(C)C)c2ccccc2)c1. The van der Waals surface area contributed by atoms with E-state index in [2.05, 4.69) is 23.9 Å². The van der Waals surface area contributed by atoms with E-state index in [1.165, 1.54) is 12.1 Å². The number of sulfonamides is 1. The third kappa shape index (κ3) is 5.41. The van der Waals surface area contributed by atoms with E-state index in [-0.39, 0.29) is 16.8 Å². The van der Waals surface area contributed by atoms with Crippen LogP contribution < -0.4 is 10.0 Å². The van der Waals surface area contributed by atoms with Crippen molar-refractivity contribution in [1.82, 2.24) is 10.0 Å². The first-order valence-electron chi connectivity index (χ1n) is 8.79. The van der Waals surface area contributed by atoms with Gasteiger partial charge >= 0.3 is 0 Å². The van der Waals surface area contributed by atoms with Crippen LogP contribution in [0.2, 0.25) is 0 Å². The summed E-state index contributed by atoms with van der Waals surface area (Å²) < 4.78 is 26.7. The Kier molecular flexibility index (Phi) is 6.94. The maximum atomic E-state index is 12.7. The van der Waals surface area contributed by atoms with Gasteiger partial charge in [0.15, 0.2) is 0 Å². The van der Waals surface area contributed by atoms with Crippen molar-refractivity contribution >= 4 is 15.9 Å². The number of amides is 1. The molecule has 5 nitrogen and oxygen atoms in total. The Morgan fingerprint density at radius 1 is 1.04 bits per heavy atom. The molecule has 140 valence electrons. The Bertz CT molecular complexity index is 833. The zero-order chi connectivity index (χ0) is 19.2. The van der Waals surface area contributed by atoms with E-state index in [4.69, 9.17) is 0 Å². The van der Waals surface area contributed by atoms with E-state index in [0.717, 1.165) is 12.0 Å². The quantitative estimate of drug-likeness (QED) is 0.742. The Morgan fingerprint density at radius 2 is 1.73 bits per heavy atom. The number of benzene rings is 2. The van der Waals surface area contributed by atoms with Crippen molar-refractivity contribution in [3.63, 3.8) is 0 Å². The smallest absolute Gasteiger partial charge is 0.251 e. The van der Waals surface area contributed by atoms with Crippen LogP contribution in [-0.2, 0) is 10.0 Å². The third-order valence-electron chi connectivity index (χ3n) is 3.96. The van der Waals surface area contributed by atoms with Crippen LogP contribution in [0.5, 0.6) is 0 Å². The molecule has 0 aromatic heterocycles. The summed E-state index contributed by atoms with van der Waals surface area (Å²) in [6, 6.07) is 15.8. The number of hydrogen-bond acceptors (Lipinski definition) is 3. The van der Waals surface area contributed by atoms with Gasteiger partial charge in [0, 0.05) is 12.1 Å². The fourth-order valence-electron chi connectivity index (χ4n) is 2.75. The summed E-state index contributed by atoms with van der Waals surface area (Å²) >= 11 is 0. The van der Waals surface area contributed by atoms with Gasteiger partial charge in [-0.05, 0) is 36.1 Å². The molecule has 2 aromatic carbocycles. The monoisotopic (exact) mass is 374 g/mol. The number of nitrogens with one attached hydrogen (secondary N) is 2. The zero-order valence-electron chi connectivity index (χ0n) is 15.4. The average Bonchev–Trinajstić information content (AvgIpc) is 2.61. The minimum absolute atomic E-state index is 0.0899.